The van der Waals surface area contributed by atoms with Gasteiger partial charge in [0.25, 0.3) is 0 Å². The molecule has 1 aliphatic heterocycles. The Morgan fingerprint density at radius 3 is 2.39 bits per heavy atom. The Labute approximate surface area is 371 Å². The number of aryl methyl sites for hydroxylation is 1. The van der Waals surface area contributed by atoms with E-state index in [1.807, 2.05) is 17.6 Å². The van der Waals surface area contributed by atoms with Crippen LogP contribution in [0.4, 0.5) is 10.1 Å². The van der Waals surface area contributed by atoms with Crippen LogP contribution in [-0.2, 0) is 23.9 Å². The summed E-state index contributed by atoms with van der Waals surface area (Å²) >= 11 is 0. The maximum absolute atomic E-state index is 16.9. The molecule has 5 N–H and O–H groups in total. The molecule has 9 atom stereocenters. The molecule has 0 spiro atoms. The van der Waals surface area contributed by atoms with Crippen molar-refractivity contribution in [2.24, 2.45) is 34.3 Å². The van der Waals surface area contributed by atoms with Crippen LogP contribution in [0.25, 0.3) is 10.9 Å². The summed E-state index contributed by atoms with van der Waals surface area (Å²) in [6.45, 7) is 12.0. The number of methoxy groups -OCH3 is 1. The number of rotatable bonds is 10. The number of hydrogen-bond donors (Lipinski definition) is 4. The fraction of sp³-hybridized carbons (Fsp3) is 0.625. The minimum Gasteiger partial charge on any atom is -0.492 e. The van der Waals surface area contributed by atoms with Crippen LogP contribution in [-0.4, -0.2) is 110 Å². The molecule has 1 unspecified atom stereocenters. The molecular weight excluding hydrogens is 828 g/mol. The molecule has 64 heavy (non-hydrogen) atoms. The summed E-state index contributed by atoms with van der Waals surface area (Å²) in [7, 11) is 1.37. The summed E-state index contributed by atoms with van der Waals surface area (Å²) in [4.78, 5) is 83.9. The van der Waals surface area contributed by atoms with Crippen molar-refractivity contribution >= 4 is 46.0 Å². The lowest BCUT2D eigenvalue weighted by Crippen LogP contribution is -2.64. The third-order valence-corrected chi connectivity index (χ3v) is 16.2. The Balaban J connectivity index is 1.10. The number of amides is 1. The average molecular weight is 889 g/mol. The zero-order valence-electron chi connectivity index (χ0n) is 38.0. The van der Waals surface area contributed by atoms with Gasteiger partial charge in [0.2, 0.25) is 17.1 Å². The van der Waals surface area contributed by atoms with Crippen molar-refractivity contribution in [3.05, 3.63) is 56.7 Å². The van der Waals surface area contributed by atoms with Crippen LogP contribution in [0, 0.1) is 48.2 Å². The molecular formula is C48H61FN4O11. The van der Waals surface area contributed by atoms with Crippen LogP contribution in [0.15, 0.2) is 28.6 Å². The maximum Gasteiger partial charge on any atom is 0.344 e. The van der Waals surface area contributed by atoms with E-state index in [1.54, 1.807) is 30.9 Å². The van der Waals surface area contributed by atoms with Crippen molar-refractivity contribution in [1.29, 1.82) is 0 Å². The molecule has 1 saturated heterocycles. The van der Waals surface area contributed by atoms with Crippen LogP contribution in [0.5, 0.6) is 5.75 Å². The van der Waals surface area contributed by atoms with Gasteiger partial charge in [-0.25, -0.2) is 9.18 Å². The number of halogens is 1. The summed E-state index contributed by atoms with van der Waals surface area (Å²) < 4.78 is 30.7. The number of anilines is 1. The van der Waals surface area contributed by atoms with E-state index in [0.29, 0.717) is 37.6 Å². The summed E-state index contributed by atoms with van der Waals surface area (Å²) in [5.74, 6) is -4.70. The van der Waals surface area contributed by atoms with E-state index in [9.17, 15) is 44.1 Å². The summed E-state index contributed by atoms with van der Waals surface area (Å²) in [5, 5.41) is 33.7. The van der Waals surface area contributed by atoms with Crippen LogP contribution in [0.2, 0.25) is 0 Å². The number of hydrogen-bond acceptors (Lipinski definition) is 12. The normalized spacial score (nSPS) is 31.8. The number of allylic oxidation sites excluding steroid dienone is 4. The number of fused-ring (bicyclic) bond motifs is 6. The molecule has 1 amide bonds. The number of aliphatic carboxylic acids is 1. The number of carbonyl (C=O) groups is 5. The number of nitrogens with two attached hydrogens (primary N) is 1. The number of benzene rings is 1. The van der Waals surface area contributed by atoms with Crippen LogP contribution < -0.4 is 20.8 Å². The van der Waals surface area contributed by atoms with Gasteiger partial charge in [0, 0.05) is 59.7 Å². The topological polar surface area (TPSA) is 219 Å². The van der Waals surface area contributed by atoms with E-state index in [0.717, 1.165) is 5.57 Å². The molecule has 0 radical (unpaired) electrons. The van der Waals surface area contributed by atoms with Gasteiger partial charge < -0.3 is 44.9 Å². The average Bonchev–Trinajstić information content (AvgIpc) is 4.02. The Kier molecular flexibility index (Phi) is 11.1. The zero-order chi connectivity index (χ0) is 46.7. The van der Waals surface area contributed by atoms with Crippen molar-refractivity contribution in [3.63, 3.8) is 0 Å². The summed E-state index contributed by atoms with van der Waals surface area (Å²) in [5.41, 5.74) is 0.519. The van der Waals surface area contributed by atoms with Crippen molar-refractivity contribution < 1.29 is 53.2 Å². The van der Waals surface area contributed by atoms with Gasteiger partial charge in [-0.15, -0.1) is 0 Å². The lowest BCUT2D eigenvalue weighted by Gasteiger charge is -2.59. The first-order chi connectivity index (χ1) is 29.9. The first-order valence-electron chi connectivity index (χ1n) is 22.5. The molecule has 8 rings (SSSR count). The molecule has 6 aliphatic rings. The van der Waals surface area contributed by atoms with Crippen LogP contribution in [0.1, 0.15) is 114 Å². The van der Waals surface area contributed by atoms with Crippen molar-refractivity contribution in [3.8, 4) is 5.75 Å². The lowest BCUT2D eigenvalue weighted by molar-refractivity contribution is -0.188. The standard InChI is InChI=1S/C48H61FN4O11/c1-23-22-51(17-18-52(23)33(56)20-31(50)42(58)59)39-37(49)24(2)34-38(41(39)63-8)53(27-10-11-27)25(3)35(40(34)57)43(60)64-45(4,5)44(61)48(62)16-14-30-29-12-9-26-19-28(54)13-15-46(26,6)36(29)32(55)21-47(30,48)7/h13,15,19,23,27,29-32,36,55,62H,9-12,14,16-18,20-22,50H2,1-8H3,(H,58,59)/t23?,29-,30-,31-,32-,36+,46-,47-,48-/m0/s1. The summed E-state index contributed by atoms with van der Waals surface area (Å²) in [6.07, 6.45) is 7.32. The maximum atomic E-state index is 16.9. The van der Waals surface area contributed by atoms with Crippen molar-refractivity contribution in [1.82, 2.24) is 9.47 Å². The van der Waals surface area contributed by atoms with E-state index >= 15 is 4.39 Å². The number of esters is 1. The Morgan fingerprint density at radius 2 is 1.77 bits per heavy atom. The predicted octanol–water partition coefficient (Wildman–Crippen LogP) is 4.45. The molecule has 5 fully saturated rings. The van der Waals surface area contributed by atoms with Gasteiger partial charge in [0.15, 0.2) is 23.0 Å². The smallest absolute Gasteiger partial charge is 0.344 e. The van der Waals surface area contributed by atoms with Gasteiger partial charge in [-0.1, -0.05) is 25.5 Å². The molecule has 16 heteroatoms. The molecule has 346 valence electrons. The second-order valence-electron chi connectivity index (χ2n) is 20.3. The molecule has 15 nitrogen and oxygen atoms in total. The van der Waals surface area contributed by atoms with Gasteiger partial charge in [-0.2, -0.15) is 0 Å². The molecule has 0 bridgehead atoms. The quantitative estimate of drug-likeness (QED) is 0.243. The lowest BCUT2D eigenvalue weighted by atomic mass is 9.46. The number of aliphatic hydroxyl groups is 2. The van der Waals surface area contributed by atoms with Crippen molar-refractivity contribution in [2.45, 2.75) is 135 Å². The second kappa shape index (κ2) is 15.6. The molecule has 2 aromatic rings. The number of carboxylic acids is 1. The SMILES string of the molecule is COc1c(N2CCN(C(=O)C[C@H](N)C(=O)O)C(C)C2)c(F)c(C)c2c(=O)c(C(=O)OC(C)(C)C(=O)[C@@]3(O)CC[C@H]4[C@@H]5CCC6=CC(=O)C=C[C@]6(C)[C@H]5[C@@H](O)C[C@@]43C)c(C)n(C3CC3)c12. The highest BCUT2D eigenvalue weighted by Gasteiger charge is 2.70. The number of aliphatic hydroxyl groups excluding tert-OH is 1. The molecule has 5 aliphatic carbocycles. The number of carboxylic acid groups (broad SMARTS) is 1. The number of aromatic nitrogens is 1. The van der Waals surface area contributed by atoms with E-state index in [2.05, 4.69) is 6.92 Å². The number of nitrogens with zero attached hydrogens (tertiary/aromatic N) is 3. The van der Waals surface area contributed by atoms with Gasteiger partial charge in [-0.3, -0.25) is 24.0 Å². The third kappa shape index (κ3) is 6.75. The highest BCUT2D eigenvalue weighted by Crippen LogP contribution is 2.67. The highest BCUT2D eigenvalue weighted by molar-refractivity contribution is 6.03. The van der Waals surface area contributed by atoms with E-state index in [-0.39, 0.29) is 102 Å². The number of ether oxygens (including phenoxy) is 2. The Bertz CT molecular complexity index is 2510. The second-order valence-corrected chi connectivity index (χ2v) is 20.3. The monoisotopic (exact) mass is 888 g/mol. The minimum absolute atomic E-state index is 0.0314. The first-order valence-corrected chi connectivity index (χ1v) is 22.5. The third-order valence-electron chi connectivity index (χ3n) is 16.2. The molecule has 1 aromatic carbocycles. The van der Waals surface area contributed by atoms with E-state index < -0.39 is 75.1 Å². The fourth-order valence-electron chi connectivity index (χ4n) is 12.8. The van der Waals surface area contributed by atoms with E-state index in [4.69, 9.17) is 15.2 Å². The molecule has 2 heterocycles. The number of carbonyl (C=O) groups excluding carboxylic acids is 4. The van der Waals surface area contributed by atoms with E-state index in [1.165, 1.54) is 32.8 Å². The van der Waals surface area contributed by atoms with Gasteiger partial charge in [0.05, 0.1) is 30.5 Å². The number of pyridine rings is 1. The highest BCUT2D eigenvalue weighted by atomic mass is 19.1. The fourth-order valence-corrected chi connectivity index (χ4v) is 12.8. The first kappa shape index (κ1) is 45.6. The molecule has 1 aromatic heterocycles. The molecule has 4 saturated carbocycles. The largest absolute Gasteiger partial charge is 0.492 e. The number of Topliss-reactive ketones (excluding diaryl/α,β-unsaturated/α-hetero) is 1. The summed E-state index contributed by atoms with van der Waals surface area (Å²) in [6, 6.07) is -1.99. The zero-order valence-corrected chi connectivity index (χ0v) is 38.0. The Hall–Kier alpha value is -4.93. The Morgan fingerprint density at radius 1 is 1.08 bits per heavy atom. The van der Waals surface area contributed by atoms with Gasteiger partial charge in [-0.05, 0) is 104 Å². The predicted molar refractivity (Wildman–Crippen MR) is 234 cm³/mol. The van der Waals surface area contributed by atoms with Crippen LogP contribution >= 0.6 is 0 Å². The van der Waals surface area contributed by atoms with Crippen molar-refractivity contribution in [2.75, 3.05) is 31.6 Å². The van der Waals surface area contributed by atoms with Gasteiger partial charge >= 0.3 is 11.9 Å². The number of piperazine rings is 1. The number of ketones is 2. The minimum atomic E-state index is -1.99. The van der Waals surface area contributed by atoms with Gasteiger partial charge in [0.1, 0.15) is 22.9 Å². The van der Waals surface area contributed by atoms with Crippen LogP contribution in [0.3, 0.4) is 0 Å².